The van der Waals surface area contributed by atoms with E-state index in [4.69, 9.17) is 11.6 Å². The van der Waals surface area contributed by atoms with Crippen molar-refractivity contribution in [2.45, 2.75) is 32.2 Å². The summed E-state index contributed by atoms with van der Waals surface area (Å²) in [6, 6.07) is 21.1. The van der Waals surface area contributed by atoms with Gasteiger partial charge in [0.1, 0.15) is 12.4 Å². The number of aromatic nitrogens is 4. The number of anilines is 2. The highest BCUT2D eigenvalue weighted by molar-refractivity contribution is 6.30. The van der Waals surface area contributed by atoms with Crippen LogP contribution in [0.15, 0.2) is 91.3 Å². The molecule has 3 heterocycles. The van der Waals surface area contributed by atoms with Gasteiger partial charge in [-0.3, -0.25) is 14.4 Å². The van der Waals surface area contributed by atoms with E-state index >= 15 is 0 Å². The van der Waals surface area contributed by atoms with Crippen LogP contribution in [0.25, 0.3) is 11.8 Å². The van der Waals surface area contributed by atoms with Gasteiger partial charge in [-0.2, -0.15) is 4.68 Å². The summed E-state index contributed by atoms with van der Waals surface area (Å²) in [7, 11) is 0. The molecule has 51 heavy (non-hydrogen) atoms. The third-order valence-corrected chi connectivity index (χ3v) is 9.41. The SMILES string of the molecule is Cc1ccc2c(c1)CCCN2C(=O)c1cccc2c1CCN(C(=O)C=Cc1cc(Cl)ccc1-n1cnnn1)C2C(=O)Nc1ccc(C(=O)O)cc1. The maximum Gasteiger partial charge on any atom is 0.335 e. The molecule has 1 unspecified atom stereocenters. The molecule has 256 valence electrons. The third-order valence-electron chi connectivity index (χ3n) is 9.17. The van der Waals surface area contributed by atoms with Gasteiger partial charge in [0, 0.05) is 46.7 Å². The molecule has 13 heteroatoms. The van der Waals surface area contributed by atoms with E-state index in [0.29, 0.717) is 51.6 Å². The minimum Gasteiger partial charge on any atom is -0.478 e. The average molecular weight is 702 g/mol. The van der Waals surface area contributed by atoms with Crippen LogP contribution in [0.2, 0.25) is 5.02 Å². The molecule has 12 nitrogen and oxygen atoms in total. The number of hydrogen-bond donors (Lipinski definition) is 2. The number of aryl methyl sites for hydroxylation is 2. The highest BCUT2D eigenvalue weighted by Crippen LogP contribution is 2.36. The fourth-order valence-electron chi connectivity index (χ4n) is 6.77. The Labute approximate surface area is 297 Å². The number of carboxylic acids is 1. The van der Waals surface area contributed by atoms with Crippen molar-refractivity contribution in [1.82, 2.24) is 25.1 Å². The van der Waals surface area contributed by atoms with Crippen molar-refractivity contribution in [2.24, 2.45) is 0 Å². The number of aromatic carboxylic acids is 1. The van der Waals surface area contributed by atoms with E-state index in [1.807, 2.05) is 19.1 Å². The minimum absolute atomic E-state index is 0.0672. The maximum atomic E-state index is 14.3. The zero-order valence-corrected chi connectivity index (χ0v) is 28.2. The number of tetrazole rings is 1. The normalized spacial score (nSPS) is 15.3. The number of rotatable bonds is 7. The van der Waals surface area contributed by atoms with Crippen LogP contribution in [0.4, 0.5) is 11.4 Å². The standard InChI is InChI=1S/C38H32ClN7O5/c1-23-7-14-32-25(20-23)4-3-18-44(32)37(49)31-6-2-5-30-29(31)17-19-45(35(30)36(48)41-28-12-8-24(9-13-28)38(50)51)34(47)16-10-26-21-27(39)11-15-33(26)46-22-40-42-43-46/h2,5-16,20-22,35H,3-4,17-19H2,1H3,(H,41,48)(H,50,51). The maximum absolute atomic E-state index is 14.3. The topological polar surface area (TPSA) is 151 Å². The van der Waals surface area contributed by atoms with Crippen molar-refractivity contribution in [3.63, 3.8) is 0 Å². The van der Waals surface area contributed by atoms with Crippen molar-refractivity contribution >= 4 is 52.7 Å². The Hall–Kier alpha value is -6.14. The van der Waals surface area contributed by atoms with E-state index in [0.717, 1.165) is 29.7 Å². The van der Waals surface area contributed by atoms with Crippen molar-refractivity contribution in [2.75, 3.05) is 23.3 Å². The van der Waals surface area contributed by atoms with E-state index < -0.39 is 23.8 Å². The van der Waals surface area contributed by atoms with Gasteiger partial charge in [-0.15, -0.1) is 5.10 Å². The van der Waals surface area contributed by atoms with Gasteiger partial charge in [0.25, 0.3) is 11.8 Å². The van der Waals surface area contributed by atoms with Crippen LogP contribution in [0.5, 0.6) is 0 Å². The van der Waals surface area contributed by atoms with E-state index in [1.165, 1.54) is 46.3 Å². The average Bonchev–Trinajstić information content (AvgIpc) is 3.67. The summed E-state index contributed by atoms with van der Waals surface area (Å²) in [5, 5.41) is 24.0. The first-order valence-corrected chi connectivity index (χ1v) is 16.7. The molecule has 0 saturated carbocycles. The second-order valence-corrected chi connectivity index (χ2v) is 12.8. The first-order chi connectivity index (χ1) is 24.7. The number of hydrogen-bond acceptors (Lipinski definition) is 7. The fraction of sp³-hybridized carbons (Fsp3) is 0.184. The van der Waals surface area contributed by atoms with Crippen LogP contribution in [0, 0.1) is 6.92 Å². The first kappa shape index (κ1) is 33.4. The van der Waals surface area contributed by atoms with E-state index in [1.54, 1.807) is 47.4 Å². The second kappa shape index (κ2) is 14.0. The summed E-state index contributed by atoms with van der Waals surface area (Å²) in [6.07, 6.45) is 6.45. The second-order valence-electron chi connectivity index (χ2n) is 12.4. The zero-order chi connectivity index (χ0) is 35.6. The number of carbonyl (C=O) groups is 4. The number of amides is 3. The molecule has 4 aromatic carbocycles. The highest BCUT2D eigenvalue weighted by atomic mass is 35.5. The lowest BCUT2D eigenvalue weighted by Gasteiger charge is -2.37. The fourth-order valence-corrected chi connectivity index (χ4v) is 6.96. The lowest BCUT2D eigenvalue weighted by molar-refractivity contribution is -0.135. The van der Waals surface area contributed by atoms with Gasteiger partial charge >= 0.3 is 5.97 Å². The van der Waals surface area contributed by atoms with E-state index in [2.05, 4.69) is 26.9 Å². The van der Waals surface area contributed by atoms with Crippen molar-refractivity contribution in [3.8, 4) is 5.69 Å². The molecule has 0 aliphatic carbocycles. The van der Waals surface area contributed by atoms with E-state index in [9.17, 15) is 24.3 Å². The van der Waals surface area contributed by atoms with Gasteiger partial charge < -0.3 is 20.2 Å². The van der Waals surface area contributed by atoms with Gasteiger partial charge in [0.05, 0.1) is 11.3 Å². The quantitative estimate of drug-likeness (QED) is 0.206. The molecule has 3 amide bonds. The third kappa shape index (κ3) is 6.73. The molecule has 0 saturated heterocycles. The van der Waals surface area contributed by atoms with Crippen LogP contribution in [0.3, 0.4) is 0 Å². The number of carboxylic acid groups (broad SMARTS) is 1. The Kier molecular flexibility index (Phi) is 9.16. The predicted molar refractivity (Wildman–Crippen MR) is 191 cm³/mol. The molecule has 7 rings (SSSR count). The number of benzene rings is 4. The Balaban J connectivity index is 1.24. The molecule has 0 bridgehead atoms. The zero-order valence-electron chi connectivity index (χ0n) is 27.5. The Morgan fingerprint density at radius 1 is 0.941 bits per heavy atom. The summed E-state index contributed by atoms with van der Waals surface area (Å²) in [4.78, 5) is 57.1. The smallest absolute Gasteiger partial charge is 0.335 e. The molecular formula is C38H32ClN7O5. The summed E-state index contributed by atoms with van der Waals surface area (Å²) in [6.45, 7) is 2.76. The first-order valence-electron chi connectivity index (χ1n) is 16.4. The van der Waals surface area contributed by atoms with Crippen LogP contribution >= 0.6 is 11.6 Å². The van der Waals surface area contributed by atoms with Gasteiger partial charge in [0.2, 0.25) is 5.91 Å². The monoisotopic (exact) mass is 701 g/mol. The Bertz CT molecular complexity index is 2200. The van der Waals surface area contributed by atoms with E-state index in [-0.39, 0.29) is 18.0 Å². The lowest BCUT2D eigenvalue weighted by atomic mass is 9.87. The van der Waals surface area contributed by atoms with Crippen LogP contribution < -0.4 is 10.2 Å². The molecular weight excluding hydrogens is 670 g/mol. The molecule has 0 spiro atoms. The Morgan fingerprint density at radius 2 is 1.75 bits per heavy atom. The molecule has 0 radical (unpaired) electrons. The predicted octanol–water partition coefficient (Wildman–Crippen LogP) is 5.69. The summed E-state index contributed by atoms with van der Waals surface area (Å²) in [5.41, 5.74) is 6.45. The molecule has 2 N–H and O–H groups in total. The molecule has 1 atom stereocenters. The van der Waals surface area contributed by atoms with Crippen LogP contribution in [-0.2, 0) is 22.4 Å². The van der Waals surface area contributed by atoms with Crippen molar-refractivity contribution in [1.29, 1.82) is 0 Å². The van der Waals surface area contributed by atoms with Gasteiger partial charge in [-0.05, 0) is 114 Å². The molecule has 0 fully saturated rings. The summed E-state index contributed by atoms with van der Waals surface area (Å²) >= 11 is 6.29. The molecule has 2 aliphatic heterocycles. The van der Waals surface area contributed by atoms with Gasteiger partial charge in [-0.25, -0.2) is 4.79 Å². The number of nitrogens with zero attached hydrogens (tertiary/aromatic N) is 6. The molecule has 2 aliphatic rings. The van der Waals surface area contributed by atoms with Gasteiger partial charge in [0.15, 0.2) is 0 Å². The number of fused-ring (bicyclic) bond motifs is 2. The Morgan fingerprint density at radius 3 is 2.51 bits per heavy atom. The largest absolute Gasteiger partial charge is 0.478 e. The summed E-state index contributed by atoms with van der Waals surface area (Å²) in [5.74, 6) is -2.21. The van der Waals surface area contributed by atoms with Crippen molar-refractivity contribution in [3.05, 3.63) is 135 Å². The number of nitrogens with one attached hydrogen (secondary N) is 1. The van der Waals surface area contributed by atoms with Crippen LogP contribution in [-0.4, -0.2) is 67.0 Å². The van der Waals surface area contributed by atoms with Crippen LogP contribution in [0.1, 0.15) is 61.0 Å². The van der Waals surface area contributed by atoms with Crippen molar-refractivity contribution < 1.29 is 24.3 Å². The lowest BCUT2D eigenvalue weighted by Crippen LogP contribution is -2.45. The molecule has 5 aromatic rings. The number of halogens is 1. The minimum atomic E-state index is -1.10. The molecule has 1 aromatic heterocycles. The number of carbonyl (C=O) groups excluding carboxylic acids is 3. The summed E-state index contributed by atoms with van der Waals surface area (Å²) < 4.78 is 1.45. The van der Waals surface area contributed by atoms with Gasteiger partial charge in [-0.1, -0.05) is 41.4 Å². The highest BCUT2D eigenvalue weighted by Gasteiger charge is 2.38.